The molecule has 3 N–H and O–H groups in total. The second-order valence-electron chi connectivity index (χ2n) is 8.70. The minimum absolute atomic E-state index is 0.0480. The molecule has 0 spiro atoms. The Balaban J connectivity index is 2.69. The Labute approximate surface area is 162 Å². The van der Waals surface area contributed by atoms with Gasteiger partial charge in [0.2, 0.25) is 0 Å². The number of nitrogens with two attached hydrogens (primary N) is 1. The molecule has 0 saturated carbocycles. The van der Waals surface area contributed by atoms with E-state index >= 15 is 0 Å². The SMILES string of the molecule is CC(C)(O)c1cc(S(N)(=O)=N[Si](C)(C)C(C)(C)C)sc1-c1ccccc1. The topological polar surface area (TPSA) is 75.7 Å². The zero-order valence-corrected chi connectivity index (χ0v) is 19.3. The lowest BCUT2D eigenvalue weighted by Gasteiger charge is -2.32. The summed E-state index contributed by atoms with van der Waals surface area (Å²) < 4.78 is 18.6. The fourth-order valence-electron chi connectivity index (χ4n) is 2.29. The molecular formula is C19H30N2O2S2Si. The largest absolute Gasteiger partial charge is 0.386 e. The molecule has 1 unspecified atom stereocenters. The molecule has 7 heteroatoms. The van der Waals surface area contributed by atoms with Crippen molar-refractivity contribution in [2.75, 3.05) is 0 Å². The first-order valence-electron chi connectivity index (χ1n) is 8.63. The van der Waals surface area contributed by atoms with E-state index in [9.17, 15) is 9.32 Å². The van der Waals surface area contributed by atoms with Gasteiger partial charge in [0.25, 0.3) is 0 Å². The van der Waals surface area contributed by atoms with E-state index in [1.54, 1.807) is 19.9 Å². The molecule has 4 nitrogen and oxygen atoms in total. The van der Waals surface area contributed by atoms with Crippen LogP contribution in [0, 0.1) is 0 Å². The standard InChI is InChI=1S/C19H30N2O2S2Si/c1-18(2,3)26(6,7)21-25(20,23)16-13-15(19(4,5)22)17(24-16)14-11-9-8-10-12-14/h8-13,22H,1-7H3,(H2,20,21,23). The summed E-state index contributed by atoms with van der Waals surface area (Å²) in [7, 11) is -5.21. The molecule has 26 heavy (non-hydrogen) atoms. The summed E-state index contributed by atoms with van der Waals surface area (Å²) in [6, 6.07) is 11.6. The van der Waals surface area contributed by atoms with Gasteiger partial charge in [-0.05, 0) is 43.6 Å². The summed E-state index contributed by atoms with van der Waals surface area (Å²) in [5.41, 5.74) is 0.641. The molecule has 0 radical (unpaired) electrons. The van der Waals surface area contributed by atoms with E-state index in [-0.39, 0.29) is 5.04 Å². The van der Waals surface area contributed by atoms with Gasteiger partial charge in [-0.15, -0.1) is 11.3 Å². The van der Waals surface area contributed by atoms with Gasteiger partial charge < -0.3 is 5.11 Å². The minimum Gasteiger partial charge on any atom is -0.386 e. The first-order chi connectivity index (χ1) is 11.7. The maximum Gasteiger partial charge on any atom is 0.195 e. The van der Waals surface area contributed by atoms with Crippen LogP contribution in [-0.4, -0.2) is 17.6 Å². The number of benzene rings is 1. The molecule has 0 aliphatic carbocycles. The minimum atomic E-state index is -3.03. The predicted molar refractivity (Wildman–Crippen MR) is 115 cm³/mol. The van der Waals surface area contributed by atoms with Crippen LogP contribution in [0.1, 0.15) is 40.2 Å². The van der Waals surface area contributed by atoms with Crippen LogP contribution < -0.4 is 5.14 Å². The van der Waals surface area contributed by atoms with Crippen LogP contribution in [0.15, 0.2) is 44.6 Å². The van der Waals surface area contributed by atoms with Crippen molar-refractivity contribution < 1.29 is 9.32 Å². The molecule has 2 rings (SSSR count). The van der Waals surface area contributed by atoms with Crippen LogP contribution in [0.3, 0.4) is 0 Å². The van der Waals surface area contributed by atoms with Gasteiger partial charge in [0.05, 0.1) is 5.60 Å². The first-order valence-corrected chi connectivity index (χ1v) is 14.0. The molecule has 2 aromatic rings. The van der Waals surface area contributed by atoms with Crippen LogP contribution in [0.5, 0.6) is 0 Å². The summed E-state index contributed by atoms with van der Waals surface area (Å²) >= 11 is 1.37. The van der Waals surface area contributed by atoms with Crippen molar-refractivity contribution in [2.24, 2.45) is 9.17 Å². The lowest BCUT2D eigenvalue weighted by Crippen LogP contribution is -2.37. The Hall–Kier alpha value is -0.993. The molecule has 0 aliphatic heterocycles. The van der Waals surface area contributed by atoms with Crippen molar-refractivity contribution in [3.8, 4) is 10.4 Å². The van der Waals surface area contributed by atoms with Crippen molar-refractivity contribution in [3.63, 3.8) is 0 Å². The van der Waals surface area contributed by atoms with E-state index in [0.29, 0.717) is 4.21 Å². The van der Waals surface area contributed by atoms with Gasteiger partial charge in [0.15, 0.2) is 8.24 Å². The third-order valence-corrected chi connectivity index (χ3v) is 14.1. The summed E-state index contributed by atoms with van der Waals surface area (Å²) in [6.07, 6.45) is 0. The molecule has 1 heterocycles. The Kier molecular flexibility index (Phi) is 5.63. The maximum atomic E-state index is 13.3. The fraction of sp³-hybridized carbons (Fsp3) is 0.474. The van der Waals surface area contributed by atoms with Gasteiger partial charge in [0, 0.05) is 10.4 Å². The van der Waals surface area contributed by atoms with Crippen molar-refractivity contribution in [1.82, 2.24) is 0 Å². The highest BCUT2D eigenvalue weighted by Gasteiger charge is 2.38. The third kappa shape index (κ3) is 4.46. The molecular weight excluding hydrogens is 380 g/mol. The van der Waals surface area contributed by atoms with Crippen LogP contribution in [0.4, 0.5) is 0 Å². The molecule has 0 saturated heterocycles. The summed E-state index contributed by atoms with van der Waals surface area (Å²) in [6.45, 7) is 14.0. The lowest BCUT2D eigenvalue weighted by molar-refractivity contribution is 0.0795. The van der Waals surface area contributed by atoms with Gasteiger partial charge in [-0.25, -0.2) is 9.35 Å². The molecule has 0 bridgehead atoms. The van der Waals surface area contributed by atoms with Crippen molar-refractivity contribution >= 4 is 29.5 Å². The number of hydrogen-bond acceptors (Lipinski definition) is 4. The lowest BCUT2D eigenvalue weighted by atomic mass is 9.96. The Bertz CT molecular complexity index is 898. The van der Waals surface area contributed by atoms with E-state index in [4.69, 9.17) is 5.14 Å². The van der Waals surface area contributed by atoms with Crippen LogP contribution >= 0.6 is 11.3 Å². The van der Waals surface area contributed by atoms with E-state index < -0.39 is 23.8 Å². The molecule has 144 valence electrons. The van der Waals surface area contributed by atoms with Crippen LogP contribution in [-0.2, 0) is 15.5 Å². The zero-order valence-electron chi connectivity index (χ0n) is 16.7. The molecule has 1 atom stereocenters. The number of thiophene rings is 1. The smallest absolute Gasteiger partial charge is 0.195 e. The number of aliphatic hydroxyl groups is 1. The maximum absolute atomic E-state index is 13.3. The summed E-state index contributed by atoms with van der Waals surface area (Å²) in [5, 5.41) is 16.8. The fourth-order valence-corrected chi connectivity index (χ4v) is 8.86. The molecule has 1 aromatic carbocycles. The zero-order chi connectivity index (χ0) is 20.0. The number of hydrogen-bond donors (Lipinski definition) is 2. The highest BCUT2D eigenvalue weighted by atomic mass is 32.2. The van der Waals surface area contributed by atoms with Gasteiger partial charge >= 0.3 is 0 Å². The second-order valence-corrected chi connectivity index (χ2v) is 16.9. The van der Waals surface area contributed by atoms with E-state index in [1.165, 1.54) is 11.3 Å². The van der Waals surface area contributed by atoms with Crippen molar-refractivity contribution in [1.29, 1.82) is 0 Å². The quantitative estimate of drug-likeness (QED) is 0.667. The average molecular weight is 411 g/mol. The van der Waals surface area contributed by atoms with Gasteiger partial charge in [-0.1, -0.05) is 51.1 Å². The molecule has 0 amide bonds. The monoisotopic (exact) mass is 410 g/mol. The van der Waals surface area contributed by atoms with Crippen molar-refractivity contribution in [3.05, 3.63) is 42.0 Å². The summed E-state index contributed by atoms with van der Waals surface area (Å²) in [4.78, 5) is 0.886. The predicted octanol–water partition coefficient (Wildman–Crippen LogP) is 5.35. The van der Waals surface area contributed by atoms with Crippen LogP contribution in [0.2, 0.25) is 18.1 Å². The highest BCUT2D eigenvalue weighted by Crippen LogP contribution is 2.42. The van der Waals surface area contributed by atoms with Crippen LogP contribution in [0.25, 0.3) is 10.4 Å². The van der Waals surface area contributed by atoms with Gasteiger partial charge in [-0.2, -0.15) is 0 Å². The average Bonchev–Trinajstić information content (AvgIpc) is 2.92. The van der Waals surface area contributed by atoms with E-state index in [0.717, 1.165) is 16.0 Å². The number of nitrogens with zero attached hydrogens (tertiary/aromatic N) is 1. The summed E-state index contributed by atoms with van der Waals surface area (Å²) in [5.74, 6) is 0. The molecule has 0 aliphatic rings. The normalized spacial score (nSPS) is 15.6. The Morgan fingerprint density at radius 2 is 1.65 bits per heavy atom. The Morgan fingerprint density at radius 3 is 2.12 bits per heavy atom. The van der Waals surface area contributed by atoms with Crippen molar-refractivity contribution in [2.45, 2.75) is 62.6 Å². The van der Waals surface area contributed by atoms with E-state index in [1.807, 2.05) is 30.3 Å². The third-order valence-electron chi connectivity index (χ3n) is 4.89. The molecule has 1 aromatic heterocycles. The first kappa shape index (κ1) is 21.3. The van der Waals surface area contributed by atoms with Gasteiger partial charge in [0.1, 0.15) is 14.1 Å². The highest BCUT2D eigenvalue weighted by molar-refractivity contribution is 7.94. The Morgan fingerprint density at radius 1 is 1.12 bits per heavy atom. The molecule has 0 fully saturated rings. The van der Waals surface area contributed by atoms with Gasteiger partial charge in [-0.3, -0.25) is 4.03 Å². The van der Waals surface area contributed by atoms with E-state index in [2.05, 4.69) is 37.9 Å². The number of rotatable bonds is 4. The second kappa shape index (κ2) is 6.87.